The van der Waals surface area contributed by atoms with Crippen molar-refractivity contribution in [1.29, 1.82) is 0 Å². The molecule has 0 spiro atoms. The van der Waals surface area contributed by atoms with Gasteiger partial charge in [0, 0.05) is 24.5 Å². The molecule has 2 heterocycles. The Morgan fingerprint density at radius 3 is 2.63 bits per heavy atom. The molecule has 19 heavy (non-hydrogen) atoms. The maximum Gasteiger partial charge on any atom is 0.0802 e. The van der Waals surface area contributed by atoms with Crippen LogP contribution in [-0.2, 0) is 6.54 Å². The van der Waals surface area contributed by atoms with Gasteiger partial charge >= 0.3 is 0 Å². The van der Waals surface area contributed by atoms with Gasteiger partial charge in [0.1, 0.15) is 0 Å². The quantitative estimate of drug-likeness (QED) is 0.863. The lowest BCUT2D eigenvalue weighted by Gasteiger charge is -2.16. The van der Waals surface area contributed by atoms with Gasteiger partial charge in [-0.1, -0.05) is 6.92 Å². The first-order valence-electron chi connectivity index (χ1n) is 6.78. The van der Waals surface area contributed by atoms with Gasteiger partial charge < -0.3 is 5.32 Å². The van der Waals surface area contributed by atoms with Crippen molar-refractivity contribution in [3.8, 4) is 0 Å². The fraction of sp³-hybridized carbons (Fsp3) is 0.500. The van der Waals surface area contributed by atoms with Gasteiger partial charge in [0.25, 0.3) is 0 Å². The van der Waals surface area contributed by atoms with Gasteiger partial charge in [-0.25, -0.2) is 0 Å². The van der Waals surface area contributed by atoms with Crippen molar-refractivity contribution in [3.63, 3.8) is 0 Å². The summed E-state index contributed by atoms with van der Waals surface area (Å²) in [5.41, 5.74) is 3.01. The number of rotatable bonds is 6. The van der Waals surface area contributed by atoms with E-state index in [9.17, 15) is 0 Å². The van der Waals surface area contributed by atoms with Crippen LogP contribution in [0.3, 0.4) is 0 Å². The lowest BCUT2D eigenvalue weighted by atomic mass is 10.1. The SMILES string of the molecule is CCCNC(c1cnn(CC)c1)c1cnc(C)cn1. The molecule has 0 aromatic carbocycles. The number of aryl methyl sites for hydroxylation is 2. The van der Waals surface area contributed by atoms with E-state index in [-0.39, 0.29) is 6.04 Å². The molecule has 2 aromatic heterocycles. The third-order valence-electron chi connectivity index (χ3n) is 3.01. The second-order valence-electron chi connectivity index (χ2n) is 4.60. The highest BCUT2D eigenvalue weighted by Gasteiger charge is 2.16. The third-order valence-corrected chi connectivity index (χ3v) is 3.01. The van der Waals surface area contributed by atoms with Crippen molar-refractivity contribution < 1.29 is 0 Å². The van der Waals surface area contributed by atoms with Gasteiger partial charge in [0.15, 0.2) is 0 Å². The molecule has 0 aliphatic carbocycles. The van der Waals surface area contributed by atoms with Crippen LogP contribution < -0.4 is 5.32 Å². The van der Waals surface area contributed by atoms with Crippen LogP contribution in [0.2, 0.25) is 0 Å². The van der Waals surface area contributed by atoms with Crippen molar-refractivity contribution in [2.24, 2.45) is 0 Å². The number of nitrogens with zero attached hydrogens (tertiary/aromatic N) is 4. The number of hydrogen-bond acceptors (Lipinski definition) is 4. The zero-order valence-corrected chi connectivity index (χ0v) is 11.8. The summed E-state index contributed by atoms with van der Waals surface area (Å²) in [6.45, 7) is 8.00. The van der Waals surface area contributed by atoms with Crippen LogP contribution in [0, 0.1) is 6.92 Å². The lowest BCUT2D eigenvalue weighted by Crippen LogP contribution is -2.24. The lowest BCUT2D eigenvalue weighted by molar-refractivity contribution is 0.582. The molecule has 2 aromatic rings. The standard InChI is InChI=1S/C14H21N5/c1-4-6-15-14(12-8-18-19(5-2)10-12)13-9-16-11(3)7-17-13/h7-10,14-15H,4-6H2,1-3H3. The maximum absolute atomic E-state index is 4.48. The second-order valence-corrected chi connectivity index (χ2v) is 4.60. The summed E-state index contributed by atoms with van der Waals surface area (Å²) < 4.78 is 1.93. The summed E-state index contributed by atoms with van der Waals surface area (Å²) in [6, 6.07) is 0.0633. The van der Waals surface area contributed by atoms with Crippen LogP contribution in [-0.4, -0.2) is 26.3 Å². The highest BCUT2D eigenvalue weighted by Crippen LogP contribution is 2.19. The van der Waals surface area contributed by atoms with Gasteiger partial charge in [0.2, 0.25) is 0 Å². The molecule has 102 valence electrons. The van der Waals surface area contributed by atoms with Crippen molar-refractivity contribution >= 4 is 0 Å². The van der Waals surface area contributed by atoms with Gasteiger partial charge in [-0.05, 0) is 26.8 Å². The molecule has 0 amide bonds. The molecule has 0 aliphatic rings. The molecule has 2 rings (SSSR count). The zero-order valence-electron chi connectivity index (χ0n) is 11.8. The number of aromatic nitrogens is 4. The smallest absolute Gasteiger partial charge is 0.0802 e. The molecule has 0 fully saturated rings. The second kappa shape index (κ2) is 6.43. The van der Waals surface area contributed by atoms with Gasteiger partial charge in [-0.3, -0.25) is 14.6 Å². The van der Waals surface area contributed by atoms with E-state index < -0.39 is 0 Å². The van der Waals surface area contributed by atoms with Gasteiger partial charge in [-0.2, -0.15) is 5.10 Å². The molecule has 0 radical (unpaired) electrons. The molecule has 1 N–H and O–H groups in total. The average molecular weight is 259 g/mol. The van der Waals surface area contributed by atoms with Crippen molar-refractivity contribution in [3.05, 3.63) is 41.7 Å². The normalized spacial score (nSPS) is 12.6. The Labute approximate surface area is 114 Å². The Morgan fingerprint density at radius 1 is 1.21 bits per heavy atom. The van der Waals surface area contributed by atoms with E-state index in [1.54, 1.807) is 6.20 Å². The van der Waals surface area contributed by atoms with Crippen LogP contribution in [0.5, 0.6) is 0 Å². The summed E-state index contributed by atoms with van der Waals surface area (Å²) in [4.78, 5) is 8.81. The van der Waals surface area contributed by atoms with E-state index >= 15 is 0 Å². The van der Waals surface area contributed by atoms with Crippen LogP contribution in [0.15, 0.2) is 24.8 Å². The molecular formula is C14H21N5. The Hall–Kier alpha value is -1.75. The summed E-state index contributed by atoms with van der Waals surface area (Å²) in [5, 5.41) is 7.84. The van der Waals surface area contributed by atoms with Crippen molar-refractivity contribution in [2.45, 2.75) is 39.8 Å². The Kier molecular flexibility index (Phi) is 4.63. The minimum Gasteiger partial charge on any atom is -0.305 e. The van der Waals surface area contributed by atoms with Crippen molar-refractivity contribution in [2.75, 3.05) is 6.54 Å². The number of hydrogen-bond donors (Lipinski definition) is 1. The Morgan fingerprint density at radius 2 is 2.05 bits per heavy atom. The van der Waals surface area contributed by atoms with E-state index in [1.165, 1.54) is 0 Å². The molecular weight excluding hydrogens is 238 g/mol. The van der Waals surface area contributed by atoms with E-state index in [0.717, 1.165) is 36.5 Å². The summed E-state index contributed by atoms with van der Waals surface area (Å²) in [7, 11) is 0. The highest BCUT2D eigenvalue weighted by atomic mass is 15.3. The van der Waals surface area contributed by atoms with E-state index in [1.807, 2.05) is 24.0 Å². The zero-order chi connectivity index (χ0) is 13.7. The van der Waals surface area contributed by atoms with Crippen LogP contribution in [0.4, 0.5) is 0 Å². The molecule has 1 atom stereocenters. The minimum absolute atomic E-state index is 0.0633. The summed E-state index contributed by atoms with van der Waals surface area (Å²) in [5.74, 6) is 0. The minimum atomic E-state index is 0.0633. The van der Waals surface area contributed by atoms with Gasteiger partial charge in [0.05, 0.1) is 29.8 Å². The fourth-order valence-electron chi connectivity index (χ4n) is 1.94. The van der Waals surface area contributed by atoms with Crippen LogP contribution >= 0.6 is 0 Å². The molecule has 0 saturated heterocycles. The first kappa shape index (κ1) is 13.7. The predicted octanol–water partition coefficient (Wildman–Crippen LogP) is 2.09. The molecule has 0 bridgehead atoms. The van der Waals surface area contributed by atoms with E-state index in [0.29, 0.717) is 0 Å². The first-order valence-corrected chi connectivity index (χ1v) is 6.78. The molecule has 5 heteroatoms. The van der Waals surface area contributed by atoms with E-state index in [2.05, 4.69) is 40.4 Å². The Bertz CT molecular complexity index is 503. The maximum atomic E-state index is 4.48. The largest absolute Gasteiger partial charge is 0.305 e. The van der Waals surface area contributed by atoms with Crippen molar-refractivity contribution in [1.82, 2.24) is 25.1 Å². The molecule has 0 saturated carbocycles. The predicted molar refractivity (Wildman–Crippen MR) is 74.8 cm³/mol. The molecule has 0 aliphatic heterocycles. The van der Waals surface area contributed by atoms with Crippen LogP contribution in [0.25, 0.3) is 0 Å². The fourth-order valence-corrected chi connectivity index (χ4v) is 1.94. The Balaban J connectivity index is 2.26. The topological polar surface area (TPSA) is 55.6 Å². The monoisotopic (exact) mass is 259 g/mol. The third kappa shape index (κ3) is 3.38. The highest BCUT2D eigenvalue weighted by molar-refractivity contribution is 5.22. The molecule has 5 nitrogen and oxygen atoms in total. The van der Waals surface area contributed by atoms with Crippen LogP contribution in [0.1, 0.15) is 43.3 Å². The summed E-state index contributed by atoms with van der Waals surface area (Å²) in [6.07, 6.45) is 8.69. The molecule has 1 unspecified atom stereocenters. The number of nitrogens with one attached hydrogen (secondary N) is 1. The summed E-state index contributed by atoms with van der Waals surface area (Å²) >= 11 is 0. The van der Waals surface area contributed by atoms with E-state index in [4.69, 9.17) is 0 Å². The first-order chi connectivity index (χ1) is 9.24. The van der Waals surface area contributed by atoms with Gasteiger partial charge in [-0.15, -0.1) is 0 Å². The average Bonchev–Trinajstić information content (AvgIpc) is 2.90.